The Balaban J connectivity index is 1.63. The number of hydrogen-bond donors (Lipinski definition) is 2. The van der Waals surface area contributed by atoms with E-state index >= 15 is 0 Å². The Labute approximate surface area is 177 Å². The largest absolute Gasteiger partial charge is 0.493 e. The van der Waals surface area contributed by atoms with Crippen LogP contribution in [0.1, 0.15) is 17.0 Å². The number of aromatic amines is 1. The fraction of sp³-hybridized carbons (Fsp3) is 0.174. The van der Waals surface area contributed by atoms with Crippen LogP contribution in [0.3, 0.4) is 0 Å². The van der Waals surface area contributed by atoms with Gasteiger partial charge in [0.15, 0.2) is 11.5 Å². The summed E-state index contributed by atoms with van der Waals surface area (Å²) in [6.07, 6.45) is 2.06. The monoisotopic (exact) mass is 420 g/mol. The standard InChI is InChI=1S/C23H21FN4O3/c1-30-20-9-17-19(10-21(20)31-2)27-22(28-23(17)29)7-13-3-4-18(26-12-13)15-5-14(11-25)6-16(24)8-15/h3-6,8-10,12H,7,11,25H2,1-2H3,(H,27,28,29). The molecular weight excluding hydrogens is 399 g/mol. The Hall–Kier alpha value is -3.78. The van der Waals surface area contributed by atoms with E-state index in [1.807, 2.05) is 12.1 Å². The molecule has 0 saturated heterocycles. The number of halogens is 1. The highest BCUT2D eigenvalue weighted by Crippen LogP contribution is 2.30. The Bertz CT molecular complexity index is 1300. The van der Waals surface area contributed by atoms with Crippen molar-refractivity contribution in [3.8, 4) is 22.8 Å². The van der Waals surface area contributed by atoms with Crippen molar-refractivity contribution in [2.24, 2.45) is 5.73 Å². The first-order chi connectivity index (χ1) is 15.0. The smallest absolute Gasteiger partial charge is 0.258 e. The summed E-state index contributed by atoms with van der Waals surface area (Å²) in [5, 5.41) is 0.414. The molecule has 0 atom stereocenters. The molecule has 0 radical (unpaired) electrons. The predicted octanol–water partition coefficient (Wildman–Crippen LogP) is 3.19. The first-order valence-corrected chi connectivity index (χ1v) is 9.60. The van der Waals surface area contributed by atoms with Crippen molar-refractivity contribution in [2.75, 3.05) is 14.2 Å². The van der Waals surface area contributed by atoms with Crippen molar-refractivity contribution in [3.63, 3.8) is 0 Å². The second-order valence-electron chi connectivity index (χ2n) is 7.02. The summed E-state index contributed by atoms with van der Waals surface area (Å²) in [6.45, 7) is 0.250. The van der Waals surface area contributed by atoms with Gasteiger partial charge in [0.2, 0.25) is 0 Å². The molecule has 0 aliphatic heterocycles. The number of ether oxygens (including phenoxy) is 2. The molecule has 158 valence electrons. The number of fused-ring (bicyclic) bond motifs is 1. The van der Waals surface area contributed by atoms with Gasteiger partial charge in [-0.15, -0.1) is 0 Å². The van der Waals surface area contributed by atoms with Crippen LogP contribution in [0.25, 0.3) is 22.2 Å². The minimum Gasteiger partial charge on any atom is -0.493 e. The minimum absolute atomic E-state index is 0.250. The lowest BCUT2D eigenvalue weighted by Gasteiger charge is -2.09. The maximum Gasteiger partial charge on any atom is 0.258 e. The summed E-state index contributed by atoms with van der Waals surface area (Å²) in [5.41, 5.74) is 8.71. The van der Waals surface area contributed by atoms with Crippen LogP contribution in [0.2, 0.25) is 0 Å². The second-order valence-corrected chi connectivity index (χ2v) is 7.02. The summed E-state index contributed by atoms with van der Waals surface area (Å²) in [5.74, 6) is 1.10. The molecule has 0 spiro atoms. The second kappa shape index (κ2) is 8.53. The molecule has 4 rings (SSSR count). The molecule has 0 aliphatic rings. The number of nitrogens with one attached hydrogen (secondary N) is 1. The Morgan fingerprint density at radius 1 is 1.03 bits per heavy atom. The van der Waals surface area contributed by atoms with E-state index in [1.54, 1.807) is 24.4 Å². The highest BCUT2D eigenvalue weighted by molar-refractivity contribution is 5.81. The summed E-state index contributed by atoms with van der Waals surface area (Å²) in [7, 11) is 3.04. The minimum atomic E-state index is -0.353. The molecule has 0 fully saturated rings. The van der Waals surface area contributed by atoms with E-state index in [0.717, 1.165) is 5.56 Å². The number of nitrogens with zero attached hydrogens (tertiary/aromatic N) is 2. The van der Waals surface area contributed by atoms with Crippen LogP contribution in [-0.4, -0.2) is 29.2 Å². The van der Waals surface area contributed by atoms with Gasteiger partial charge in [0.1, 0.15) is 11.6 Å². The summed E-state index contributed by atoms with van der Waals surface area (Å²) >= 11 is 0. The Morgan fingerprint density at radius 2 is 1.81 bits per heavy atom. The molecule has 0 saturated carbocycles. The van der Waals surface area contributed by atoms with Crippen LogP contribution in [0.5, 0.6) is 11.5 Å². The van der Waals surface area contributed by atoms with E-state index in [0.29, 0.717) is 51.5 Å². The van der Waals surface area contributed by atoms with E-state index in [2.05, 4.69) is 15.0 Å². The van der Waals surface area contributed by atoms with Crippen molar-refractivity contribution in [1.29, 1.82) is 0 Å². The molecule has 2 aromatic carbocycles. The van der Waals surface area contributed by atoms with Gasteiger partial charge in [-0.3, -0.25) is 9.78 Å². The number of H-pyrrole nitrogens is 1. The van der Waals surface area contributed by atoms with Crippen molar-refractivity contribution in [2.45, 2.75) is 13.0 Å². The van der Waals surface area contributed by atoms with Crippen molar-refractivity contribution >= 4 is 10.9 Å². The third kappa shape index (κ3) is 4.24. The topological polar surface area (TPSA) is 103 Å². The van der Waals surface area contributed by atoms with Gasteiger partial charge in [-0.2, -0.15) is 0 Å². The van der Waals surface area contributed by atoms with Crippen molar-refractivity contribution in [3.05, 3.63) is 81.8 Å². The van der Waals surface area contributed by atoms with Crippen LogP contribution in [0.15, 0.2) is 53.5 Å². The lowest BCUT2D eigenvalue weighted by atomic mass is 10.1. The van der Waals surface area contributed by atoms with Gasteiger partial charge in [-0.1, -0.05) is 6.07 Å². The number of pyridine rings is 1. The fourth-order valence-corrected chi connectivity index (χ4v) is 3.41. The first-order valence-electron chi connectivity index (χ1n) is 9.60. The lowest BCUT2D eigenvalue weighted by molar-refractivity contribution is 0.355. The molecule has 3 N–H and O–H groups in total. The van der Waals surface area contributed by atoms with Crippen LogP contribution in [0, 0.1) is 5.82 Å². The summed E-state index contributed by atoms with van der Waals surface area (Å²) in [6, 6.07) is 11.6. The SMILES string of the molecule is COc1cc2nc(Cc3ccc(-c4cc(F)cc(CN)c4)nc3)[nH]c(=O)c2cc1OC. The number of methoxy groups -OCH3 is 2. The number of benzene rings is 2. The maximum atomic E-state index is 13.8. The van der Waals surface area contributed by atoms with Gasteiger partial charge in [0.25, 0.3) is 5.56 Å². The fourth-order valence-electron chi connectivity index (χ4n) is 3.41. The van der Waals surface area contributed by atoms with Crippen LogP contribution < -0.4 is 20.8 Å². The maximum absolute atomic E-state index is 13.8. The first kappa shape index (κ1) is 20.5. The molecule has 2 heterocycles. The zero-order valence-corrected chi connectivity index (χ0v) is 17.1. The van der Waals surface area contributed by atoms with E-state index in [9.17, 15) is 9.18 Å². The van der Waals surface area contributed by atoms with Gasteiger partial charge >= 0.3 is 0 Å². The zero-order valence-electron chi connectivity index (χ0n) is 17.1. The number of rotatable bonds is 6. The molecule has 0 bridgehead atoms. The summed E-state index contributed by atoms with van der Waals surface area (Å²) < 4.78 is 24.3. The van der Waals surface area contributed by atoms with E-state index in [1.165, 1.54) is 26.4 Å². The number of aromatic nitrogens is 3. The molecule has 2 aromatic heterocycles. The van der Waals surface area contributed by atoms with Crippen molar-refractivity contribution < 1.29 is 13.9 Å². The van der Waals surface area contributed by atoms with E-state index < -0.39 is 0 Å². The number of hydrogen-bond acceptors (Lipinski definition) is 6. The number of nitrogens with two attached hydrogens (primary N) is 1. The van der Waals surface area contributed by atoms with E-state index in [-0.39, 0.29) is 17.9 Å². The van der Waals surface area contributed by atoms with Gasteiger partial charge < -0.3 is 20.2 Å². The molecule has 4 aromatic rings. The summed E-state index contributed by atoms with van der Waals surface area (Å²) in [4.78, 5) is 24.3. The average Bonchev–Trinajstić information content (AvgIpc) is 2.78. The molecule has 31 heavy (non-hydrogen) atoms. The van der Waals surface area contributed by atoms with Crippen LogP contribution >= 0.6 is 0 Å². The average molecular weight is 420 g/mol. The molecule has 0 unspecified atom stereocenters. The van der Waals surface area contributed by atoms with Crippen molar-refractivity contribution in [1.82, 2.24) is 15.0 Å². The van der Waals surface area contributed by atoms with Gasteiger partial charge in [0, 0.05) is 30.8 Å². The van der Waals surface area contributed by atoms with Gasteiger partial charge in [-0.25, -0.2) is 9.37 Å². The third-order valence-electron chi connectivity index (χ3n) is 4.95. The Morgan fingerprint density at radius 3 is 2.48 bits per heavy atom. The van der Waals surface area contributed by atoms with Crippen LogP contribution in [-0.2, 0) is 13.0 Å². The normalized spacial score (nSPS) is 11.0. The zero-order chi connectivity index (χ0) is 22.0. The van der Waals surface area contributed by atoms with Gasteiger partial charge in [0.05, 0.1) is 30.8 Å². The lowest BCUT2D eigenvalue weighted by Crippen LogP contribution is -2.12. The highest BCUT2D eigenvalue weighted by atomic mass is 19.1. The molecule has 0 aliphatic carbocycles. The molecular formula is C23H21FN4O3. The van der Waals surface area contributed by atoms with Crippen LogP contribution in [0.4, 0.5) is 4.39 Å². The highest BCUT2D eigenvalue weighted by Gasteiger charge is 2.12. The third-order valence-corrected chi connectivity index (χ3v) is 4.95. The van der Waals surface area contributed by atoms with Gasteiger partial charge in [-0.05, 0) is 41.5 Å². The molecule has 0 amide bonds. The quantitative estimate of drug-likeness (QED) is 0.497. The Kier molecular flexibility index (Phi) is 5.64. The molecule has 7 nitrogen and oxygen atoms in total. The molecule has 8 heteroatoms. The predicted molar refractivity (Wildman–Crippen MR) is 116 cm³/mol. The van der Waals surface area contributed by atoms with E-state index in [4.69, 9.17) is 15.2 Å².